The molecule has 0 fully saturated rings. The smallest absolute Gasteiger partial charge is 0.241 e. The number of aryl methyl sites for hydroxylation is 2. The van der Waals surface area contributed by atoms with Crippen LogP contribution in [0.4, 0.5) is 5.69 Å². The third kappa shape index (κ3) is 5.57. The largest absolute Gasteiger partial charge is 0.376 e. The Kier molecular flexibility index (Phi) is 10.5. The second-order valence-electron chi connectivity index (χ2n) is 4.71. The molecule has 0 aliphatic carbocycles. The number of anilines is 1. The minimum Gasteiger partial charge on any atom is -0.376 e. The van der Waals surface area contributed by atoms with Crippen LogP contribution < -0.4 is 11.1 Å². The summed E-state index contributed by atoms with van der Waals surface area (Å²) in [6.45, 7) is 6.78. The van der Waals surface area contributed by atoms with Gasteiger partial charge in [0, 0.05) is 25.3 Å². The molecule has 0 aliphatic heterocycles. The molecule has 0 aromatic heterocycles. The molecule has 1 rings (SSSR count). The Morgan fingerprint density at radius 1 is 1.30 bits per heavy atom. The molecule has 0 spiro atoms. The van der Waals surface area contributed by atoms with Crippen LogP contribution in [0.5, 0.6) is 0 Å². The molecule has 0 radical (unpaired) electrons. The predicted octanol–water partition coefficient (Wildman–Crippen LogP) is 2.36. The molecule has 4 nitrogen and oxygen atoms in total. The number of nitrogens with one attached hydrogen (secondary N) is 1. The number of nitrogens with two attached hydrogens (primary N) is 1. The zero-order chi connectivity index (χ0) is 13.7. The van der Waals surface area contributed by atoms with Crippen molar-refractivity contribution in [2.75, 3.05) is 25.5 Å². The first-order valence-electron chi connectivity index (χ1n) is 6.23. The molecule has 20 heavy (non-hydrogen) atoms. The lowest BCUT2D eigenvalue weighted by Gasteiger charge is -2.24. The molecule has 0 bridgehead atoms. The third-order valence-corrected chi connectivity index (χ3v) is 3.29. The summed E-state index contributed by atoms with van der Waals surface area (Å²) < 4.78 is 0. The van der Waals surface area contributed by atoms with Gasteiger partial charge in [0.25, 0.3) is 0 Å². The van der Waals surface area contributed by atoms with E-state index in [2.05, 4.69) is 5.32 Å². The molecule has 3 N–H and O–H groups in total. The molecule has 1 amide bonds. The van der Waals surface area contributed by atoms with Crippen LogP contribution in [0.2, 0.25) is 0 Å². The van der Waals surface area contributed by atoms with E-state index in [0.29, 0.717) is 13.1 Å². The van der Waals surface area contributed by atoms with Crippen LogP contribution in [0.25, 0.3) is 0 Å². The van der Waals surface area contributed by atoms with E-state index in [4.69, 9.17) is 5.73 Å². The Labute approximate surface area is 133 Å². The quantitative estimate of drug-likeness (QED) is 0.875. The second-order valence-corrected chi connectivity index (χ2v) is 4.71. The molecule has 1 unspecified atom stereocenters. The summed E-state index contributed by atoms with van der Waals surface area (Å²) in [4.78, 5) is 13.6. The van der Waals surface area contributed by atoms with E-state index >= 15 is 0 Å². The number of hydrogen-bond donors (Lipinski definition) is 2. The zero-order valence-electron chi connectivity index (χ0n) is 12.5. The molecular formula is C14H25Cl2N3O. The van der Waals surface area contributed by atoms with Gasteiger partial charge in [-0.1, -0.05) is 18.2 Å². The Morgan fingerprint density at radius 2 is 1.80 bits per heavy atom. The van der Waals surface area contributed by atoms with Crippen LogP contribution in [0.3, 0.4) is 0 Å². The van der Waals surface area contributed by atoms with Gasteiger partial charge in [-0.15, -0.1) is 24.8 Å². The van der Waals surface area contributed by atoms with E-state index < -0.39 is 0 Å². The van der Waals surface area contributed by atoms with Gasteiger partial charge in [0.1, 0.15) is 0 Å². The monoisotopic (exact) mass is 321 g/mol. The topological polar surface area (TPSA) is 58.4 Å². The first-order valence-corrected chi connectivity index (χ1v) is 6.23. The summed E-state index contributed by atoms with van der Waals surface area (Å²) >= 11 is 0. The van der Waals surface area contributed by atoms with Gasteiger partial charge in [-0.25, -0.2) is 0 Å². The van der Waals surface area contributed by atoms with E-state index in [9.17, 15) is 4.79 Å². The van der Waals surface area contributed by atoms with Gasteiger partial charge in [0.15, 0.2) is 0 Å². The highest BCUT2D eigenvalue weighted by molar-refractivity contribution is 5.85. The number of nitrogens with zero attached hydrogens (tertiary/aromatic N) is 1. The standard InChI is InChI=1S/C14H23N3O.2ClH/c1-10-6-5-7-11(2)14(10)16-9-13(18)17(4)12(3)8-15;;/h5-7,12,16H,8-9,15H2,1-4H3;2*1H. The van der Waals surface area contributed by atoms with Gasteiger partial charge in [0.05, 0.1) is 6.54 Å². The first-order chi connectivity index (χ1) is 8.47. The molecule has 0 aliphatic rings. The van der Waals surface area contributed by atoms with Crippen molar-refractivity contribution >= 4 is 36.4 Å². The molecule has 0 heterocycles. The van der Waals surface area contributed by atoms with Gasteiger partial charge in [-0.3, -0.25) is 4.79 Å². The number of hydrogen-bond acceptors (Lipinski definition) is 3. The number of carbonyl (C=O) groups is 1. The highest BCUT2D eigenvalue weighted by Crippen LogP contribution is 2.18. The van der Waals surface area contributed by atoms with Crippen molar-refractivity contribution in [1.29, 1.82) is 0 Å². The maximum Gasteiger partial charge on any atom is 0.241 e. The van der Waals surface area contributed by atoms with Crippen LogP contribution in [0.1, 0.15) is 18.1 Å². The molecule has 116 valence electrons. The molecule has 1 aromatic carbocycles. The van der Waals surface area contributed by atoms with E-state index in [0.717, 1.165) is 16.8 Å². The minimum atomic E-state index is 0. The summed E-state index contributed by atoms with van der Waals surface area (Å²) in [5, 5.41) is 3.21. The summed E-state index contributed by atoms with van der Waals surface area (Å²) in [5.74, 6) is 0.0515. The summed E-state index contributed by atoms with van der Waals surface area (Å²) in [6.07, 6.45) is 0. The number of likely N-dealkylation sites (N-methyl/N-ethyl adjacent to an activating group) is 1. The van der Waals surface area contributed by atoms with Crippen molar-refractivity contribution in [3.63, 3.8) is 0 Å². The minimum absolute atomic E-state index is 0. The number of halogens is 2. The van der Waals surface area contributed by atoms with Crippen LogP contribution in [-0.2, 0) is 4.79 Å². The molecule has 0 saturated carbocycles. The number of benzene rings is 1. The third-order valence-electron chi connectivity index (χ3n) is 3.29. The normalized spacial score (nSPS) is 10.8. The van der Waals surface area contributed by atoms with Gasteiger partial charge >= 0.3 is 0 Å². The van der Waals surface area contributed by atoms with E-state index in [1.165, 1.54) is 0 Å². The van der Waals surface area contributed by atoms with Crippen molar-refractivity contribution < 1.29 is 4.79 Å². The number of rotatable bonds is 5. The second kappa shape index (κ2) is 9.86. The number of para-hydroxylation sites is 1. The average molecular weight is 322 g/mol. The summed E-state index contributed by atoms with van der Waals surface area (Å²) in [6, 6.07) is 6.15. The van der Waals surface area contributed by atoms with Crippen LogP contribution in [0, 0.1) is 13.8 Å². The summed E-state index contributed by atoms with van der Waals surface area (Å²) in [7, 11) is 1.78. The molecule has 0 saturated heterocycles. The van der Waals surface area contributed by atoms with Crippen molar-refractivity contribution in [3.8, 4) is 0 Å². The van der Waals surface area contributed by atoms with Crippen molar-refractivity contribution in [3.05, 3.63) is 29.3 Å². The predicted molar refractivity (Wildman–Crippen MR) is 90.2 cm³/mol. The van der Waals surface area contributed by atoms with Gasteiger partial charge < -0.3 is 16.0 Å². The maximum absolute atomic E-state index is 11.9. The molecular weight excluding hydrogens is 297 g/mol. The van der Waals surface area contributed by atoms with E-state index in [1.54, 1.807) is 11.9 Å². The molecule has 6 heteroatoms. The highest BCUT2D eigenvalue weighted by atomic mass is 35.5. The van der Waals surface area contributed by atoms with E-state index in [-0.39, 0.29) is 36.8 Å². The van der Waals surface area contributed by atoms with Crippen molar-refractivity contribution in [2.24, 2.45) is 5.73 Å². The van der Waals surface area contributed by atoms with Crippen molar-refractivity contribution in [2.45, 2.75) is 26.8 Å². The fourth-order valence-corrected chi connectivity index (χ4v) is 1.79. The average Bonchev–Trinajstić information content (AvgIpc) is 2.36. The van der Waals surface area contributed by atoms with Gasteiger partial charge in [0.2, 0.25) is 5.91 Å². The maximum atomic E-state index is 11.9. The summed E-state index contributed by atoms with van der Waals surface area (Å²) in [5.41, 5.74) is 8.89. The Hall–Kier alpha value is -0.970. The fraction of sp³-hybridized carbons (Fsp3) is 0.500. The first kappa shape index (κ1) is 21.3. The van der Waals surface area contributed by atoms with E-state index in [1.807, 2.05) is 39.0 Å². The lowest BCUT2D eigenvalue weighted by Crippen LogP contribution is -2.42. The highest BCUT2D eigenvalue weighted by Gasteiger charge is 2.14. The zero-order valence-corrected chi connectivity index (χ0v) is 14.1. The van der Waals surface area contributed by atoms with Gasteiger partial charge in [-0.2, -0.15) is 0 Å². The molecule has 1 aromatic rings. The number of amides is 1. The number of carbonyl (C=O) groups excluding carboxylic acids is 1. The Balaban J connectivity index is 0. The van der Waals surface area contributed by atoms with Crippen LogP contribution in [-0.4, -0.2) is 37.0 Å². The van der Waals surface area contributed by atoms with Crippen LogP contribution in [0.15, 0.2) is 18.2 Å². The van der Waals surface area contributed by atoms with Crippen molar-refractivity contribution in [1.82, 2.24) is 4.90 Å². The SMILES string of the molecule is Cc1cccc(C)c1NCC(=O)N(C)C(C)CN.Cl.Cl. The lowest BCUT2D eigenvalue weighted by atomic mass is 10.1. The Bertz CT molecular complexity index is 407. The fourth-order valence-electron chi connectivity index (χ4n) is 1.79. The Morgan fingerprint density at radius 3 is 2.25 bits per heavy atom. The van der Waals surface area contributed by atoms with Crippen LogP contribution >= 0.6 is 24.8 Å². The van der Waals surface area contributed by atoms with Gasteiger partial charge in [-0.05, 0) is 31.9 Å². The lowest BCUT2D eigenvalue weighted by molar-refractivity contribution is -0.129. The molecule has 1 atom stereocenters.